The minimum Gasteiger partial charge on any atom is -0.118 e. The summed E-state index contributed by atoms with van der Waals surface area (Å²) in [6.45, 7) is 4.46. The number of hydrogen-bond acceptors (Lipinski definition) is 0. The van der Waals surface area contributed by atoms with Gasteiger partial charge in [0.1, 0.15) is 0 Å². The number of hydrogen-bond donors (Lipinski definition) is 0. The predicted octanol–water partition coefficient (Wildman–Crippen LogP) is 4.40. The Morgan fingerprint density at radius 3 is 2.23 bits per heavy atom. The van der Waals surface area contributed by atoms with Gasteiger partial charge in [0.05, 0.1) is 5.38 Å². The molecule has 0 radical (unpaired) electrons. The zero-order valence-electron chi connectivity index (χ0n) is 8.33. The summed E-state index contributed by atoms with van der Waals surface area (Å²) in [7, 11) is 0. The highest BCUT2D eigenvalue weighted by Gasteiger charge is 2.07. The van der Waals surface area contributed by atoms with E-state index in [1.807, 2.05) is 18.2 Å². The Labute approximate surface area is 85.9 Å². The van der Waals surface area contributed by atoms with E-state index < -0.39 is 0 Å². The van der Waals surface area contributed by atoms with Crippen molar-refractivity contribution in [1.82, 2.24) is 0 Å². The molecule has 0 unspecified atom stereocenters. The van der Waals surface area contributed by atoms with Crippen LogP contribution >= 0.6 is 11.6 Å². The summed E-state index contributed by atoms with van der Waals surface area (Å²) in [6.07, 6.45) is 2.27. The van der Waals surface area contributed by atoms with Crippen LogP contribution in [0.2, 0.25) is 0 Å². The normalized spacial score (nSPS) is 13.2. The van der Waals surface area contributed by atoms with Crippen molar-refractivity contribution in [2.45, 2.75) is 32.1 Å². The van der Waals surface area contributed by atoms with E-state index in [1.54, 1.807) is 0 Å². The van der Waals surface area contributed by atoms with Gasteiger partial charge in [-0.3, -0.25) is 0 Å². The molecule has 0 fully saturated rings. The van der Waals surface area contributed by atoms with E-state index in [9.17, 15) is 0 Å². The van der Waals surface area contributed by atoms with E-state index in [0.29, 0.717) is 0 Å². The van der Waals surface area contributed by atoms with Crippen molar-refractivity contribution in [3.63, 3.8) is 0 Å². The first-order valence-electron chi connectivity index (χ1n) is 4.89. The molecule has 1 rings (SSSR count). The molecular weight excluding hydrogens is 180 g/mol. The van der Waals surface area contributed by atoms with Crippen molar-refractivity contribution in [1.29, 1.82) is 0 Å². The minimum atomic E-state index is 0.184. The Balaban J connectivity index is 2.44. The van der Waals surface area contributed by atoms with Crippen LogP contribution in [0.5, 0.6) is 0 Å². The van der Waals surface area contributed by atoms with Gasteiger partial charge in [-0.25, -0.2) is 0 Å². The first kappa shape index (κ1) is 10.6. The van der Waals surface area contributed by atoms with Crippen LogP contribution in [0, 0.1) is 5.92 Å². The van der Waals surface area contributed by atoms with Crippen LogP contribution < -0.4 is 0 Å². The van der Waals surface area contributed by atoms with Gasteiger partial charge in [-0.1, -0.05) is 44.2 Å². The molecule has 1 atom stereocenters. The van der Waals surface area contributed by atoms with Crippen molar-refractivity contribution < 1.29 is 0 Å². The number of rotatable bonds is 4. The highest BCUT2D eigenvalue weighted by atomic mass is 35.5. The van der Waals surface area contributed by atoms with Crippen LogP contribution in [0.15, 0.2) is 30.3 Å². The molecular formula is C12H17Cl. The SMILES string of the molecule is CC(C)CC[C@H](Cl)c1ccccc1. The third-order valence-electron chi connectivity index (χ3n) is 2.16. The van der Waals surface area contributed by atoms with Crippen molar-refractivity contribution >= 4 is 11.6 Å². The largest absolute Gasteiger partial charge is 0.118 e. The summed E-state index contributed by atoms with van der Waals surface area (Å²) < 4.78 is 0. The van der Waals surface area contributed by atoms with E-state index in [2.05, 4.69) is 26.0 Å². The van der Waals surface area contributed by atoms with Gasteiger partial charge in [-0.05, 0) is 24.3 Å². The molecule has 0 aliphatic heterocycles. The minimum absolute atomic E-state index is 0.184. The summed E-state index contributed by atoms with van der Waals surface area (Å²) in [5.41, 5.74) is 1.24. The van der Waals surface area contributed by atoms with E-state index in [0.717, 1.165) is 12.3 Å². The Hall–Kier alpha value is -0.490. The molecule has 0 aliphatic carbocycles. The van der Waals surface area contributed by atoms with Crippen LogP contribution in [-0.4, -0.2) is 0 Å². The third-order valence-corrected chi connectivity index (χ3v) is 2.63. The zero-order chi connectivity index (χ0) is 9.68. The molecule has 0 saturated heterocycles. The Morgan fingerprint density at radius 1 is 1.08 bits per heavy atom. The Bertz CT molecular complexity index is 228. The maximum absolute atomic E-state index is 6.25. The average molecular weight is 197 g/mol. The number of alkyl halides is 1. The van der Waals surface area contributed by atoms with Crippen molar-refractivity contribution in [3.05, 3.63) is 35.9 Å². The van der Waals surface area contributed by atoms with Crippen LogP contribution in [0.3, 0.4) is 0 Å². The van der Waals surface area contributed by atoms with Crippen molar-refractivity contribution in [2.24, 2.45) is 5.92 Å². The van der Waals surface area contributed by atoms with Gasteiger partial charge in [0.25, 0.3) is 0 Å². The molecule has 0 aliphatic rings. The quantitative estimate of drug-likeness (QED) is 0.627. The van der Waals surface area contributed by atoms with Gasteiger partial charge in [0.15, 0.2) is 0 Å². The highest BCUT2D eigenvalue weighted by molar-refractivity contribution is 6.20. The molecule has 0 bridgehead atoms. The molecule has 0 aromatic heterocycles. The fourth-order valence-corrected chi connectivity index (χ4v) is 1.58. The Morgan fingerprint density at radius 2 is 1.69 bits per heavy atom. The summed E-state index contributed by atoms with van der Waals surface area (Å²) in [4.78, 5) is 0. The molecule has 0 N–H and O–H groups in total. The summed E-state index contributed by atoms with van der Waals surface area (Å²) in [5, 5.41) is 0.184. The van der Waals surface area contributed by atoms with Gasteiger partial charge < -0.3 is 0 Å². The second-order valence-electron chi connectivity index (χ2n) is 3.85. The van der Waals surface area contributed by atoms with Gasteiger partial charge in [-0.2, -0.15) is 0 Å². The maximum Gasteiger partial charge on any atom is 0.0585 e. The number of halogens is 1. The molecule has 0 heterocycles. The lowest BCUT2D eigenvalue weighted by atomic mass is 10.0. The summed E-state index contributed by atoms with van der Waals surface area (Å²) in [6, 6.07) is 10.3. The lowest BCUT2D eigenvalue weighted by Gasteiger charge is -2.10. The van der Waals surface area contributed by atoms with Crippen LogP contribution in [0.1, 0.15) is 37.6 Å². The second-order valence-corrected chi connectivity index (χ2v) is 4.38. The van der Waals surface area contributed by atoms with E-state index in [-0.39, 0.29) is 5.38 Å². The van der Waals surface area contributed by atoms with Crippen molar-refractivity contribution in [2.75, 3.05) is 0 Å². The molecule has 1 aromatic rings. The van der Waals surface area contributed by atoms with E-state index in [1.165, 1.54) is 12.0 Å². The zero-order valence-corrected chi connectivity index (χ0v) is 9.09. The monoisotopic (exact) mass is 196 g/mol. The third kappa shape index (κ3) is 3.82. The lowest BCUT2D eigenvalue weighted by Crippen LogP contribution is -1.94. The molecule has 0 nitrogen and oxygen atoms in total. The van der Waals surface area contributed by atoms with Gasteiger partial charge in [0, 0.05) is 0 Å². The highest BCUT2D eigenvalue weighted by Crippen LogP contribution is 2.26. The van der Waals surface area contributed by atoms with Crippen LogP contribution in [0.4, 0.5) is 0 Å². The maximum atomic E-state index is 6.25. The summed E-state index contributed by atoms with van der Waals surface area (Å²) >= 11 is 6.25. The second kappa shape index (κ2) is 5.29. The molecule has 72 valence electrons. The molecule has 13 heavy (non-hydrogen) atoms. The molecule has 0 spiro atoms. The van der Waals surface area contributed by atoms with E-state index >= 15 is 0 Å². The van der Waals surface area contributed by atoms with Crippen LogP contribution in [0.25, 0.3) is 0 Å². The predicted molar refractivity (Wildman–Crippen MR) is 59.1 cm³/mol. The molecule has 1 heteroatoms. The fraction of sp³-hybridized carbons (Fsp3) is 0.500. The standard InChI is InChI=1S/C12H17Cl/c1-10(2)8-9-12(13)11-6-4-3-5-7-11/h3-7,10,12H,8-9H2,1-2H3/t12-/m0/s1. The van der Waals surface area contributed by atoms with Crippen LogP contribution in [-0.2, 0) is 0 Å². The topological polar surface area (TPSA) is 0 Å². The summed E-state index contributed by atoms with van der Waals surface area (Å²) in [5.74, 6) is 0.741. The number of benzene rings is 1. The smallest absolute Gasteiger partial charge is 0.0585 e. The molecule has 1 aromatic carbocycles. The Kier molecular flexibility index (Phi) is 4.31. The first-order valence-corrected chi connectivity index (χ1v) is 5.33. The first-order chi connectivity index (χ1) is 6.20. The lowest BCUT2D eigenvalue weighted by molar-refractivity contribution is 0.549. The molecule has 0 amide bonds. The fourth-order valence-electron chi connectivity index (χ4n) is 1.31. The average Bonchev–Trinajstić information content (AvgIpc) is 2.15. The van der Waals surface area contributed by atoms with E-state index in [4.69, 9.17) is 11.6 Å². The van der Waals surface area contributed by atoms with Crippen molar-refractivity contribution in [3.8, 4) is 0 Å². The van der Waals surface area contributed by atoms with Gasteiger partial charge >= 0.3 is 0 Å². The van der Waals surface area contributed by atoms with Gasteiger partial charge in [0.2, 0.25) is 0 Å². The van der Waals surface area contributed by atoms with Gasteiger partial charge in [-0.15, -0.1) is 11.6 Å². The molecule has 0 saturated carbocycles.